The highest BCUT2D eigenvalue weighted by atomic mass is 16.2. The lowest BCUT2D eigenvalue weighted by Gasteiger charge is -2.02. The van der Waals surface area contributed by atoms with E-state index in [1.165, 1.54) is 16.7 Å². The second-order valence-corrected chi connectivity index (χ2v) is 4.02. The molecule has 0 radical (unpaired) electrons. The fourth-order valence-corrected chi connectivity index (χ4v) is 1.59. The van der Waals surface area contributed by atoms with Gasteiger partial charge in [0.2, 0.25) is 0 Å². The molecule has 0 bridgehead atoms. The summed E-state index contributed by atoms with van der Waals surface area (Å²) in [6, 6.07) is 10.4. The molecule has 1 aromatic carbocycles. The maximum Gasteiger partial charge on any atom is 0.0614 e. The van der Waals surface area contributed by atoms with Crippen molar-refractivity contribution in [2.75, 3.05) is 6.61 Å². The summed E-state index contributed by atoms with van der Waals surface area (Å²) in [5.41, 5.74) is 3.85. The fourth-order valence-electron chi connectivity index (χ4n) is 1.59. The number of aliphatic hydroxyl groups excluding tert-OH is 1. The van der Waals surface area contributed by atoms with Crippen molar-refractivity contribution < 1.29 is 5.11 Å². The van der Waals surface area contributed by atoms with E-state index in [1.807, 2.05) is 12.1 Å². The van der Waals surface area contributed by atoms with E-state index in [4.69, 9.17) is 5.11 Å². The zero-order valence-corrected chi connectivity index (χ0v) is 10.1. The first-order valence-corrected chi connectivity index (χ1v) is 5.72. The van der Waals surface area contributed by atoms with Crippen LogP contribution in [0.4, 0.5) is 0 Å². The highest BCUT2D eigenvalue weighted by Gasteiger charge is 1.93. The van der Waals surface area contributed by atoms with Crippen molar-refractivity contribution in [1.82, 2.24) is 0 Å². The van der Waals surface area contributed by atoms with Gasteiger partial charge in [-0.25, -0.2) is 0 Å². The molecule has 0 spiro atoms. The topological polar surface area (TPSA) is 20.2 Å². The van der Waals surface area contributed by atoms with Gasteiger partial charge in [0.25, 0.3) is 0 Å². The Morgan fingerprint density at radius 2 is 1.81 bits per heavy atom. The van der Waals surface area contributed by atoms with Gasteiger partial charge in [0.1, 0.15) is 0 Å². The quantitative estimate of drug-likeness (QED) is 0.742. The van der Waals surface area contributed by atoms with Crippen molar-refractivity contribution in [2.24, 2.45) is 0 Å². The first-order valence-electron chi connectivity index (χ1n) is 5.72. The van der Waals surface area contributed by atoms with E-state index in [2.05, 4.69) is 44.2 Å². The van der Waals surface area contributed by atoms with Crippen LogP contribution < -0.4 is 0 Å². The Hall–Kier alpha value is -1.34. The highest BCUT2D eigenvalue weighted by Crippen LogP contribution is 2.15. The molecule has 0 aliphatic rings. The fraction of sp³-hybridized carbons (Fsp3) is 0.333. The lowest BCUT2D eigenvalue weighted by molar-refractivity contribution is 0.341. The van der Waals surface area contributed by atoms with Crippen molar-refractivity contribution in [3.05, 3.63) is 53.6 Å². The van der Waals surface area contributed by atoms with Crippen LogP contribution in [0.25, 0.3) is 5.57 Å². The van der Waals surface area contributed by atoms with Gasteiger partial charge in [-0.3, -0.25) is 0 Å². The summed E-state index contributed by atoms with van der Waals surface area (Å²) in [5, 5.41) is 8.73. The number of rotatable bonds is 5. The Labute approximate surface area is 98.1 Å². The van der Waals surface area contributed by atoms with Crippen LogP contribution in [-0.2, 0) is 0 Å². The SMILES string of the molecule is C/C(=C/CC/C(C)=C/CO)c1ccccc1. The Balaban J connectivity index is 2.49. The van der Waals surface area contributed by atoms with E-state index >= 15 is 0 Å². The normalized spacial score (nSPS) is 12.9. The largest absolute Gasteiger partial charge is 0.392 e. The summed E-state index contributed by atoms with van der Waals surface area (Å²) in [6.45, 7) is 4.34. The van der Waals surface area contributed by atoms with Crippen molar-refractivity contribution in [3.63, 3.8) is 0 Å². The Morgan fingerprint density at radius 3 is 2.44 bits per heavy atom. The van der Waals surface area contributed by atoms with Gasteiger partial charge in [-0.05, 0) is 37.8 Å². The number of aliphatic hydroxyl groups is 1. The molecule has 0 amide bonds. The van der Waals surface area contributed by atoms with Crippen LogP contribution >= 0.6 is 0 Å². The smallest absolute Gasteiger partial charge is 0.0614 e. The molecule has 0 heterocycles. The number of hydrogen-bond acceptors (Lipinski definition) is 1. The molecule has 0 saturated carbocycles. The summed E-state index contributed by atoms with van der Waals surface area (Å²) in [5.74, 6) is 0. The van der Waals surface area contributed by atoms with Gasteiger partial charge in [-0.2, -0.15) is 0 Å². The zero-order valence-electron chi connectivity index (χ0n) is 10.1. The van der Waals surface area contributed by atoms with E-state index in [0.29, 0.717) is 0 Å². The Bertz CT molecular complexity index is 360. The van der Waals surface area contributed by atoms with Gasteiger partial charge in [0.05, 0.1) is 6.61 Å². The molecule has 0 unspecified atom stereocenters. The molecule has 0 atom stereocenters. The number of benzene rings is 1. The van der Waals surface area contributed by atoms with E-state index in [1.54, 1.807) is 0 Å². The molecule has 1 rings (SSSR count). The zero-order chi connectivity index (χ0) is 11.8. The van der Waals surface area contributed by atoms with Crippen LogP contribution in [-0.4, -0.2) is 11.7 Å². The lowest BCUT2D eigenvalue weighted by atomic mass is 10.0. The molecule has 0 aliphatic heterocycles. The van der Waals surface area contributed by atoms with Gasteiger partial charge >= 0.3 is 0 Å². The van der Waals surface area contributed by atoms with Crippen molar-refractivity contribution in [2.45, 2.75) is 26.7 Å². The van der Waals surface area contributed by atoms with Gasteiger partial charge in [0, 0.05) is 0 Å². The monoisotopic (exact) mass is 216 g/mol. The molecule has 0 saturated heterocycles. The molecule has 1 aromatic rings. The lowest BCUT2D eigenvalue weighted by Crippen LogP contribution is -1.82. The van der Waals surface area contributed by atoms with Crippen molar-refractivity contribution >= 4 is 5.57 Å². The molecular weight excluding hydrogens is 196 g/mol. The Morgan fingerprint density at radius 1 is 1.12 bits per heavy atom. The molecular formula is C15H20O. The first kappa shape index (κ1) is 12.7. The maximum absolute atomic E-state index is 8.73. The third-order valence-electron chi connectivity index (χ3n) is 2.66. The molecule has 1 nitrogen and oxygen atoms in total. The molecule has 1 heteroatoms. The van der Waals surface area contributed by atoms with Gasteiger partial charge in [-0.1, -0.05) is 48.1 Å². The van der Waals surface area contributed by atoms with E-state index in [0.717, 1.165) is 12.8 Å². The van der Waals surface area contributed by atoms with Crippen LogP contribution in [0.1, 0.15) is 32.3 Å². The molecule has 16 heavy (non-hydrogen) atoms. The second-order valence-electron chi connectivity index (χ2n) is 4.02. The highest BCUT2D eigenvalue weighted by molar-refractivity contribution is 5.63. The molecule has 0 aromatic heterocycles. The van der Waals surface area contributed by atoms with Crippen LogP contribution in [0.5, 0.6) is 0 Å². The van der Waals surface area contributed by atoms with E-state index in [-0.39, 0.29) is 6.61 Å². The van der Waals surface area contributed by atoms with Crippen LogP contribution in [0.3, 0.4) is 0 Å². The van der Waals surface area contributed by atoms with Gasteiger partial charge in [-0.15, -0.1) is 0 Å². The summed E-state index contributed by atoms with van der Waals surface area (Å²) in [7, 11) is 0. The minimum Gasteiger partial charge on any atom is -0.392 e. The Kier molecular flexibility index (Phi) is 5.58. The van der Waals surface area contributed by atoms with Crippen LogP contribution in [0.2, 0.25) is 0 Å². The van der Waals surface area contributed by atoms with Crippen molar-refractivity contribution in [1.29, 1.82) is 0 Å². The average molecular weight is 216 g/mol. The van der Waals surface area contributed by atoms with Crippen LogP contribution in [0, 0.1) is 0 Å². The predicted molar refractivity (Wildman–Crippen MR) is 70.2 cm³/mol. The van der Waals surface area contributed by atoms with Crippen molar-refractivity contribution in [3.8, 4) is 0 Å². The van der Waals surface area contributed by atoms with E-state index in [9.17, 15) is 0 Å². The number of allylic oxidation sites excluding steroid dienone is 3. The average Bonchev–Trinajstić information content (AvgIpc) is 2.30. The predicted octanol–water partition coefficient (Wildman–Crippen LogP) is 3.81. The first-order chi connectivity index (χ1) is 7.74. The van der Waals surface area contributed by atoms with Crippen LogP contribution in [0.15, 0.2) is 48.1 Å². The summed E-state index contributed by atoms with van der Waals surface area (Å²) in [6.07, 6.45) is 6.17. The van der Waals surface area contributed by atoms with E-state index < -0.39 is 0 Å². The van der Waals surface area contributed by atoms with Gasteiger partial charge in [0.15, 0.2) is 0 Å². The maximum atomic E-state index is 8.73. The standard InChI is InChI=1S/C15H20O/c1-13(11-12-16)7-6-8-14(2)15-9-4-3-5-10-15/h3-5,8-11,16H,6-7,12H2,1-2H3/b13-11+,14-8-. The summed E-state index contributed by atoms with van der Waals surface area (Å²) in [4.78, 5) is 0. The molecule has 1 N–H and O–H groups in total. The second kappa shape index (κ2) is 7.02. The third-order valence-corrected chi connectivity index (χ3v) is 2.66. The molecule has 0 fully saturated rings. The molecule has 86 valence electrons. The number of hydrogen-bond donors (Lipinski definition) is 1. The third kappa shape index (κ3) is 4.45. The minimum absolute atomic E-state index is 0.146. The van der Waals surface area contributed by atoms with Gasteiger partial charge < -0.3 is 5.11 Å². The molecule has 0 aliphatic carbocycles. The minimum atomic E-state index is 0.146. The summed E-state index contributed by atoms with van der Waals surface area (Å²) < 4.78 is 0. The summed E-state index contributed by atoms with van der Waals surface area (Å²) >= 11 is 0.